The van der Waals surface area contributed by atoms with Crippen LogP contribution in [0.2, 0.25) is 0 Å². The third kappa shape index (κ3) is 5.58. The van der Waals surface area contributed by atoms with Gasteiger partial charge in [0.15, 0.2) is 11.5 Å². The molecule has 0 aliphatic carbocycles. The molecular weight excluding hydrogens is 468 g/mol. The fraction of sp³-hybridized carbons (Fsp3) is 0.192. The Labute approximate surface area is 204 Å². The van der Waals surface area contributed by atoms with E-state index in [0.717, 1.165) is 5.56 Å². The summed E-state index contributed by atoms with van der Waals surface area (Å²) in [4.78, 5) is 11.7. The summed E-state index contributed by atoms with van der Waals surface area (Å²) < 4.78 is 45.5. The maximum Gasteiger partial charge on any atom is 0.264 e. The quantitative estimate of drug-likeness (QED) is 0.501. The summed E-state index contributed by atoms with van der Waals surface area (Å²) in [5.74, 6) is 1.06. The van der Waals surface area contributed by atoms with Crippen LogP contribution < -0.4 is 23.8 Å². The number of carbonyl (C=O) groups excluding carboxylic acids is 1. The molecule has 1 aliphatic heterocycles. The second kappa shape index (κ2) is 10.5. The van der Waals surface area contributed by atoms with Gasteiger partial charge in [-0.05, 0) is 35.9 Å². The maximum absolute atomic E-state index is 13.8. The van der Waals surface area contributed by atoms with Gasteiger partial charge in [0.1, 0.15) is 19.0 Å². The van der Waals surface area contributed by atoms with E-state index in [1.807, 2.05) is 36.4 Å². The number of nitrogens with zero attached hydrogens (tertiary/aromatic N) is 1. The van der Waals surface area contributed by atoms with Crippen LogP contribution in [0.5, 0.6) is 17.2 Å². The van der Waals surface area contributed by atoms with Crippen LogP contribution in [-0.4, -0.2) is 41.2 Å². The van der Waals surface area contributed by atoms with E-state index in [4.69, 9.17) is 14.2 Å². The van der Waals surface area contributed by atoms with Crippen LogP contribution in [0.1, 0.15) is 12.5 Å². The van der Waals surface area contributed by atoms with Gasteiger partial charge in [-0.25, -0.2) is 8.42 Å². The number of fused-ring (bicyclic) bond motifs is 1. The minimum atomic E-state index is -4.04. The van der Waals surface area contributed by atoms with Gasteiger partial charge in [-0.2, -0.15) is 0 Å². The molecule has 0 radical (unpaired) electrons. The van der Waals surface area contributed by atoms with Crippen LogP contribution >= 0.6 is 0 Å². The van der Waals surface area contributed by atoms with Crippen molar-refractivity contribution in [1.29, 1.82) is 0 Å². The molecule has 1 aliphatic rings. The van der Waals surface area contributed by atoms with Crippen molar-refractivity contribution in [1.82, 2.24) is 0 Å². The van der Waals surface area contributed by atoms with Crippen molar-refractivity contribution >= 4 is 33.4 Å². The number of hydrogen-bond donors (Lipinski definition) is 1. The molecule has 1 N–H and O–H groups in total. The van der Waals surface area contributed by atoms with E-state index in [0.29, 0.717) is 36.1 Å². The first-order valence-electron chi connectivity index (χ1n) is 11.0. The molecule has 0 spiro atoms. The zero-order valence-corrected chi connectivity index (χ0v) is 20.2. The molecule has 0 fully saturated rings. The minimum absolute atomic E-state index is 0.00468. The molecule has 0 unspecified atom stereocenters. The van der Waals surface area contributed by atoms with Gasteiger partial charge < -0.3 is 19.5 Å². The number of rotatable bonds is 8. The zero-order chi connectivity index (χ0) is 24.8. The molecule has 0 atom stereocenters. The molecule has 35 heavy (non-hydrogen) atoms. The van der Waals surface area contributed by atoms with Crippen molar-refractivity contribution < 1.29 is 27.4 Å². The van der Waals surface area contributed by atoms with Crippen molar-refractivity contribution in [2.45, 2.75) is 11.8 Å². The second-order valence-corrected chi connectivity index (χ2v) is 9.58. The topological polar surface area (TPSA) is 94.2 Å². The molecule has 8 nitrogen and oxygen atoms in total. The maximum atomic E-state index is 13.8. The molecule has 3 aromatic carbocycles. The van der Waals surface area contributed by atoms with Gasteiger partial charge in [0.05, 0.1) is 29.9 Å². The van der Waals surface area contributed by atoms with Gasteiger partial charge in [-0.3, -0.25) is 9.10 Å². The Morgan fingerprint density at radius 2 is 1.77 bits per heavy atom. The number of carbonyl (C=O) groups is 1. The van der Waals surface area contributed by atoms with Crippen molar-refractivity contribution in [3.05, 3.63) is 78.4 Å². The van der Waals surface area contributed by atoms with E-state index in [-0.39, 0.29) is 23.0 Å². The van der Waals surface area contributed by atoms with Gasteiger partial charge in [0.25, 0.3) is 10.0 Å². The van der Waals surface area contributed by atoms with Crippen LogP contribution in [0.4, 0.5) is 11.4 Å². The summed E-state index contributed by atoms with van der Waals surface area (Å²) in [6.45, 7) is 2.23. The highest BCUT2D eigenvalue weighted by atomic mass is 32.2. The summed E-state index contributed by atoms with van der Waals surface area (Å²) in [7, 11) is -2.59. The molecule has 1 heterocycles. The first-order valence-corrected chi connectivity index (χ1v) is 12.4. The van der Waals surface area contributed by atoms with E-state index in [2.05, 4.69) is 5.32 Å². The van der Waals surface area contributed by atoms with Gasteiger partial charge in [-0.1, -0.05) is 42.5 Å². The van der Waals surface area contributed by atoms with Crippen LogP contribution in [-0.2, 0) is 14.8 Å². The first-order chi connectivity index (χ1) is 16.9. The van der Waals surface area contributed by atoms with Gasteiger partial charge in [-0.15, -0.1) is 0 Å². The molecule has 0 saturated carbocycles. The Bertz CT molecular complexity index is 1340. The SMILES string of the molecule is COc1ccc(S(=O)(=O)N(C/C=C/c2ccccc2)c2ccc3c(c2)OCCO3)cc1NC(C)=O. The lowest BCUT2D eigenvalue weighted by Gasteiger charge is -2.26. The summed E-state index contributed by atoms with van der Waals surface area (Å²) in [6, 6.07) is 19.0. The monoisotopic (exact) mass is 494 g/mol. The highest BCUT2D eigenvalue weighted by molar-refractivity contribution is 7.92. The van der Waals surface area contributed by atoms with E-state index in [1.54, 1.807) is 24.3 Å². The van der Waals surface area contributed by atoms with Gasteiger partial charge in [0.2, 0.25) is 5.91 Å². The third-order valence-corrected chi connectivity index (χ3v) is 7.05. The van der Waals surface area contributed by atoms with Crippen molar-refractivity contribution in [3.8, 4) is 17.2 Å². The lowest BCUT2D eigenvalue weighted by atomic mass is 10.2. The number of methoxy groups -OCH3 is 1. The fourth-order valence-corrected chi connectivity index (χ4v) is 5.07. The van der Waals surface area contributed by atoms with Crippen LogP contribution in [0.3, 0.4) is 0 Å². The largest absolute Gasteiger partial charge is 0.495 e. The van der Waals surface area contributed by atoms with Crippen LogP contribution in [0.25, 0.3) is 6.08 Å². The number of amides is 1. The summed E-state index contributed by atoms with van der Waals surface area (Å²) in [6.07, 6.45) is 3.64. The Kier molecular flexibility index (Phi) is 7.26. The standard InChI is InChI=1S/C26H26N2O6S/c1-19(29)27-23-18-22(11-13-24(23)32-2)35(30,31)28(14-6-9-20-7-4-3-5-8-20)21-10-12-25-26(17-21)34-16-15-33-25/h3-13,17-18H,14-16H2,1-2H3,(H,27,29)/b9-6+. The smallest absolute Gasteiger partial charge is 0.264 e. The third-order valence-electron chi connectivity index (χ3n) is 5.26. The van der Waals surface area contributed by atoms with Gasteiger partial charge >= 0.3 is 0 Å². The molecule has 0 bridgehead atoms. The van der Waals surface area contributed by atoms with Crippen molar-refractivity contribution in [3.63, 3.8) is 0 Å². The highest BCUT2D eigenvalue weighted by Crippen LogP contribution is 2.36. The average Bonchev–Trinajstić information content (AvgIpc) is 2.86. The molecule has 1 amide bonds. The van der Waals surface area contributed by atoms with Crippen molar-refractivity contribution in [2.24, 2.45) is 0 Å². The van der Waals surface area contributed by atoms with E-state index >= 15 is 0 Å². The van der Waals surface area contributed by atoms with E-state index in [1.165, 1.54) is 36.5 Å². The molecule has 3 aromatic rings. The van der Waals surface area contributed by atoms with Crippen LogP contribution in [0, 0.1) is 0 Å². The molecular formula is C26H26N2O6S. The zero-order valence-electron chi connectivity index (χ0n) is 19.4. The lowest BCUT2D eigenvalue weighted by Crippen LogP contribution is -2.31. The molecule has 9 heteroatoms. The Morgan fingerprint density at radius 1 is 1.03 bits per heavy atom. The predicted molar refractivity (Wildman–Crippen MR) is 135 cm³/mol. The number of anilines is 2. The molecule has 0 aromatic heterocycles. The normalized spacial score (nSPS) is 12.9. The van der Waals surface area contributed by atoms with Crippen LogP contribution in [0.15, 0.2) is 77.7 Å². The average molecular weight is 495 g/mol. The van der Waals surface area contributed by atoms with E-state index < -0.39 is 10.0 Å². The number of nitrogens with one attached hydrogen (secondary N) is 1. The summed E-state index contributed by atoms with van der Waals surface area (Å²) >= 11 is 0. The Balaban J connectivity index is 1.74. The first kappa shape index (κ1) is 24.2. The molecule has 0 saturated heterocycles. The van der Waals surface area contributed by atoms with E-state index in [9.17, 15) is 13.2 Å². The van der Waals surface area contributed by atoms with Crippen molar-refractivity contribution in [2.75, 3.05) is 36.5 Å². The lowest BCUT2D eigenvalue weighted by molar-refractivity contribution is -0.114. The number of hydrogen-bond acceptors (Lipinski definition) is 6. The predicted octanol–water partition coefficient (Wildman–Crippen LogP) is 4.33. The Hall–Kier alpha value is -3.98. The second-order valence-electron chi connectivity index (χ2n) is 7.72. The Morgan fingerprint density at radius 3 is 2.49 bits per heavy atom. The summed E-state index contributed by atoms with van der Waals surface area (Å²) in [5.41, 5.74) is 1.64. The highest BCUT2D eigenvalue weighted by Gasteiger charge is 2.27. The molecule has 182 valence electrons. The number of sulfonamides is 1. The minimum Gasteiger partial charge on any atom is -0.495 e. The summed E-state index contributed by atoms with van der Waals surface area (Å²) in [5, 5.41) is 2.62. The fourth-order valence-electron chi connectivity index (χ4n) is 3.64. The number of benzene rings is 3. The van der Waals surface area contributed by atoms with Gasteiger partial charge in [0, 0.05) is 13.0 Å². The number of ether oxygens (including phenoxy) is 3. The molecule has 4 rings (SSSR count).